The maximum atomic E-state index is 12.3. The van der Waals surface area contributed by atoms with E-state index in [9.17, 15) is 4.79 Å². The number of ether oxygens (including phenoxy) is 1. The average molecular weight is 415 g/mol. The zero-order valence-electron chi connectivity index (χ0n) is 18.5. The molecule has 2 aliphatic heterocycles. The molecule has 0 saturated carbocycles. The average Bonchev–Trinajstić information content (AvgIpc) is 3.26. The van der Waals surface area contributed by atoms with Crippen LogP contribution in [0.4, 0.5) is 0 Å². The van der Waals surface area contributed by atoms with Gasteiger partial charge < -0.3 is 10.1 Å². The summed E-state index contributed by atoms with van der Waals surface area (Å²) < 4.78 is 9.61. The molecule has 0 atom stereocenters. The Bertz CT molecular complexity index is 879. The van der Waals surface area contributed by atoms with Gasteiger partial charge in [0.1, 0.15) is 6.54 Å². The summed E-state index contributed by atoms with van der Waals surface area (Å²) in [6.45, 7) is 12.5. The van der Waals surface area contributed by atoms with E-state index in [1.165, 1.54) is 17.0 Å². The van der Waals surface area contributed by atoms with Crippen LogP contribution in [0.3, 0.4) is 0 Å². The third-order valence-electron chi connectivity index (χ3n) is 6.34. The predicted octanol–water partition coefficient (Wildman–Crippen LogP) is 1.82. The van der Waals surface area contributed by atoms with E-state index in [0.717, 1.165) is 70.0 Å². The molecule has 1 fully saturated rings. The number of likely N-dealkylation sites (tertiary alicyclic amines) is 1. The highest BCUT2D eigenvalue weighted by atomic mass is 16.5. The Hall–Kier alpha value is -2.19. The first-order chi connectivity index (χ1) is 14.5. The molecular weight excluding hydrogens is 380 g/mol. The highest BCUT2D eigenvalue weighted by molar-refractivity contribution is 5.75. The van der Waals surface area contributed by atoms with E-state index in [1.54, 1.807) is 4.68 Å². The van der Waals surface area contributed by atoms with Crippen molar-refractivity contribution in [1.29, 1.82) is 0 Å². The highest BCUT2D eigenvalue weighted by Crippen LogP contribution is 2.24. The van der Waals surface area contributed by atoms with Crippen LogP contribution in [-0.2, 0) is 42.2 Å². The smallest absolute Gasteiger partial charge is 0.241 e. The van der Waals surface area contributed by atoms with Gasteiger partial charge in [0, 0.05) is 43.0 Å². The molecule has 0 aliphatic carbocycles. The second-order valence-corrected chi connectivity index (χ2v) is 8.60. The summed E-state index contributed by atoms with van der Waals surface area (Å²) >= 11 is 0. The lowest BCUT2D eigenvalue weighted by Crippen LogP contribution is -2.39. The summed E-state index contributed by atoms with van der Waals surface area (Å²) in [5.41, 5.74) is 5.82. The van der Waals surface area contributed by atoms with Crippen LogP contribution in [0.25, 0.3) is 0 Å². The van der Waals surface area contributed by atoms with Crippen LogP contribution in [0.5, 0.6) is 0 Å². The van der Waals surface area contributed by atoms with Gasteiger partial charge in [-0.15, -0.1) is 0 Å². The number of carbonyl (C=O) groups excluding carboxylic acids is 1. The van der Waals surface area contributed by atoms with Crippen molar-refractivity contribution >= 4 is 5.91 Å². The van der Waals surface area contributed by atoms with Crippen LogP contribution in [0.15, 0.2) is 6.07 Å². The summed E-state index contributed by atoms with van der Waals surface area (Å²) in [7, 11) is 0. The summed E-state index contributed by atoms with van der Waals surface area (Å²) in [5, 5.41) is 12.3. The number of rotatable bonds is 7. The minimum absolute atomic E-state index is 0.0420. The van der Waals surface area contributed by atoms with Crippen molar-refractivity contribution in [3.8, 4) is 0 Å². The van der Waals surface area contributed by atoms with Crippen LogP contribution < -0.4 is 5.32 Å². The predicted molar refractivity (Wildman–Crippen MR) is 114 cm³/mol. The maximum Gasteiger partial charge on any atom is 0.241 e. The van der Waals surface area contributed by atoms with Crippen LogP contribution in [-0.4, -0.2) is 56.6 Å². The van der Waals surface area contributed by atoms with Gasteiger partial charge in [0.15, 0.2) is 0 Å². The molecule has 2 aliphatic rings. The first kappa shape index (κ1) is 21.1. The van der Waals surface area contributed by atoms with Gasteiger partial charge in [-0.05, 0) is 58.7 Å². The Morgan fingerprint density at radius 1 is 1.23 bits per heavy atom. The Labute approximate surface area is 178 Å². The number of hydrogen-bond acceptors (Lipinski definition) is 5. The highest BCUT2D eigenvalue weighted by Gasteiger charge is 2.25. The van der Waals surface area contributed by atoms with Gasteiger partial charge in [0.2, 0.25) is 5.91 Å². The van der Waals surface area contributed by atoms with Crippen LogP contribution >= 0.6 is 0 Å². The molecule has 2 aromatic rings. The fraction of sp³-hybridized carbons (Fsp3) is 0.682. The monoisotopic (exact) mass is 414 g/mol. The number of amides is 1. The van der Waals surface area contributed by atoms with E-state index in [1.807, 2.05) is 19.9 Å². The lowest BCUT2D eigenvalue weighted by Gasteiger charge is -2.31. The van der Waals surface area contributed by atoms with Crippen molar-refractivity contribution in [1.82, 2.24) is 29.8 Å². The van der Waals surface area contributed by atoms with Gasteiger partial charge >= 0.3 is 0 Å². The third-order valence-corrected chi connectivity index (χ3v) is 6.34. The van der Waals surface area contributed by atoms with Gasteiger partial charge in [-0.2, -0.15) is 10.2 Å². The van der Waals surface area contributed by atoms with Crippen molar-refractivity contribution in [2.45, 2.75) is 66.3 Å². The molecule has 4 rings (SSSR count). The SMILES string of the molecule is CCn1nc(CN2CCC(CNC(=O)Cn3nc(C)cc3C)CC2)c2c1CCOC2. The molecule has 8 heteroatoms. The lowest BCUT2D eigenvalue weighted by atomic mass is 9.96. The molecule has 0 radical (unpaired) electrons. The molecule has 2 aromatic heterocycles. The van der Waals surface area contributed by atoms with Crippen molar-refractivity contribution in [2.75, 3.05) is 26.2 Å². The van der Waals surface area contributed by atoms with Gasteiger partial charge in [-0.25, -0.2) is 0 Å². The third kappa shape index (κ3) is 4.75. The van der Waals surface area contributed by atoms with Crippen LogP contribution in [0, 0.1) is 19.8 Å². The number of nitrogens with zero attached hydrogens (tertiary/aromatic N) is 5. The quantitative estimate of drug-likeness (QED) is 0.748. The maximum absolute atomic E-state index is 12.3. The standard InChI is InChI=1S/C22H34N6O2/c1-4-27-21-7-10-30-15-19(21)20(25-27)13-26-8-5-18(6-9-26)12-23-22(29)14-28-17(3)11-16(2)24-28/h11,18H,4-10,12-15H2,1-3H3,(H,23,29). The minimum atomic E-state index is 0.0420. The summed E-state index contributed by atoms with van der Waals surface area (Å²) in [6, 6.07) is 2.00. The zero-order chi connectivity index (χ0) is 21.1. The van der Waals surface area contributed by atoms with Gasteiger partial charge in [0.05, 0.1) is 24.6 Å². The fourth-order valence-electron chi connectivity index (χ4n) is 4.61. The minimum Gasteiger partial charge on any atom is -0.376 e. The second-order valence-electron chi connectivity index (χ2n) is 8.60. The van der Waals surface area contributed by atoms with E-state index >= 15 is 0 Å². The zero-order valence-corrected chi connectivity index (χ0v) is 18.5. The molecule has 0 spiro atoms. The number of piperidine rings is 1. The van der Waals surface area contributed by atoms with E-state index in [0.29, 0.717) is 19.1 Å². The molecule has 0 aromatic carbocycles. The van der Waals surface area contributed by atoms with Gasteiger partial charge in [-0.1, -0.05) is 0 Å². The summed E-state index contributed by atoms with van der Waals surface area (Å²) in [4.78, 5) is 14.8. The van der Waals surface area contributed by atoms with Crippen molar-refractivity contribution in [2.24, 2.45) is 5.92 Å². The largest absolute Gasteiger partial charge is 0.376 e. The first-order valence-electron chi connectivity index (χ1n) is 11.2. The molecule has 164 valence electrons. The van der Waals surface area contributed by atoms with E-state index < -0.39 is 0 Å². The van der Waals surface area contributed by atoms with Crippen molar-refractivity contribution < 1.29 is 9.53 Å². The Morgan fingerprint density at radius 3 is 2.73 bits per heavy atom. The number of carbonyl (C=O) groups is 1. The molecule has 1 N–H and O–H groups in total. The molecule has 8 nitrogen and oxygen atoms in total. The molecule has 1 saturated heterocycles. The molecule has 0 unspecified atom stereocenters. The van der Waals surface area contributed by atoms with Crippen LogP contribution in [0.1, 0.15) is 48.1 Å². The molecule has 30 heavy (non-hydrogen) atoms. The number of hydrogen-bond donors (Lipinski definition) is 1. The number of nitrogens with one attached hydrogen (secondary N) is 1. The topological polar surface area (TPSA) is 77.2 Å². The Morgan fingerprint density at radius 2 is 2.03 bits per heavy atom. The van der Waals surface area contributed by atoms with E-state index in [2.05, 4.69) is 26.9 Å². The van der Waals surface area contributed by atoms with Crippen molar-refractivity contribution in [3.63, 3.8) is 0 Å². The summed E-state index contributed by atoms with van der Waals surface area (Å²) in [6.07, 6.45) is 3.18. The Kier molecular flexibility index (Phi) is 6.53. The number of aryl methyl sites for hydroxylation is 3. The van der Waals surface area contributed by atoms with Crippen molar-refractivity contribution in [3.05, 3.63) is 34.4 Å². The molecule has 0 bridgehead atoms. The Balaban J connectivity index is 1.23. The van der Waals surface area contributed by atoms with E-state index in [4.69, 9.17) is 9.84 Å². The molecular formula is C22H34N6O2. The normalized spacial score (nSPS) is 17.8. The fourth-order valence-corrected chi connectivity index (χ4v) is 4.61. The lowest BCUT2D eigenvalue weighted by molar-refractivity contribution is -0.122. The first-order valence-corrected chi connectivity index (χ1v) is 11.2. The van der Waals surface area contributed by atoms with Gasteiger partial charge in [-0.3, -0.25) is 19.1 Å². The molecule has 4 heterocycles. The van der Waals surface area contributed by atoms with E-state index in [-0.39, 0.29) is 5.91 Å². The number of fused-ring (bicyclic) bond motifs is 1. The molecule has 1 amide bonds. The van der Waals surface area contributed by atoms with Crippen LogP contribution in [0.2, 0.25) is 0 Å². The second kappa shape index (κ2) is 9.31. The number of aromatic nitrogens is 4. The van der Waals surface area contributed by atoms with Gasteiger partial charge in [0.25, 0.3) is 0 Å². The summed E-state index contributed by atoms with van der Waals surface area (Å²) in [5.74, 6) is 0.580.